The molecule has 0 amide bonds. The number of ether oxygens (including phenoxy) is 2. The average Bonchev–Trinajstić information content (AvgIpc) is 3.75. The maximum absolute atomic E-state index is 12.8. The standard InChI is InChI=1S/C29H29N7O4S/c1-19-21(15-34-8-11-39-18-34)16-36(33-19)25-6-7-30-29(32-25)31-22-4-2-20(3-5-22)23-17-41-28-24(37)14-26(40-27(23)28)35-9-12-38-13-10-35/h2-7,14,16-17H,8-13,15,18H2,1H3,(H,30,31,32)/p+1. The van der Waals surface area contributed by atoms with Crippen molar-refractivity contribution in [2.45, 2.75) is 13.5 Å². The van der Waals surface area contributed by atoms with E-state index in [-0.39, 0.29) is 5.43 Å². The van der Waals surface area contributed by atoms with Crippen molar-refractivity contribution in [2.24, 2.45) is 0 Å². The summed E-state index contributed by atoms with van der Waals surface area (Å²) in [5, 5.41) is 9.95. The van der Waals surface area contributed by atoms with Crippen LogP contribution in [0, 0.1) is 6.92 Å². The predicted molar refractivity (Wildman–Crippen MR) is 156 cm³/mol. The van der Waals surface area contributed by atoms with Gasteiger partial charge in [0.25, 0.3) is 0 Å². The molecule has 2 fully saturated rings. The van der Waals surface area contributed by atoms with Crippen molar-refractivity contribution in [2.75, 3.05) is 56.4 Å². The van der Waals surface area contributed by atoms with Crippen LogP contribution >= 0.6 is 11.3 Å². The van der Waals surface area contributed by atoms with Crippen molar-refractivity contribution in [3.05, 3.63) is 75.7 Å². The maximum Gasteiger partial charge on any atom is 0.229 e. The van der Waals surface area contributed by atoms with Crippen LogP contribution in [0.15, 0.2) is 63.4 Å². The third-order valence-corrected chi connectivity index (χ3v) is 8.40. The molecule has 6 heterocycles. The Kier molecular flexibility index (Phi) is 6.97. The Morgan fingerprint density at radius 1 is 1.10 bits per heavy atom. The Labute approximate surface area is 240 Å². The maximum atomic E-state index is 12.8. The SMILES string of the molecule is Cc1nn(-c2ccnc(Nc3ccc(-c4csc5c(=O)cc(N6CCOCC6)oc45)cc3)n2)cc1C[NH+]1CCOC1. The minimum absolute atomic E-state index is 0.0230. The van der Waals surface area contributed by atoms with Gasteiger partial charge in [-0.25, -0.2) is 9.67 Å². The number of aryl methyl sites for hydroxylation is 1. The Balaban J connectivity index is 1.09. The first-order chi connectivity index (χ1) is 20.1. The van der Waals surface area contributed by atoms with Gasteiger partial charge in [0.1, 0.15) is 24.4 Å². The largest absolute Gasteiger partial charge is 0.439 e. The Bertz CT molecular complexity index is 1730. The molecule has 1 atom stereocenters. The molecule has 2 aliphatic heterocycles. The summed E-state index contributed by atoms with van der Waals surface area (Å²) in [6.07, 6.45) is 3.76. The van der Waals surface area contributed by atoms with Crippen LogP contribution in [0.25, 0.3) is 27.2 Å². The summed E-state index contributed by atoms with van der Waals surface area (Å²) in [5.74, 6) is 1.76. The second-order valence-corrected chi connectivity index (χ2v) is 11.1. The molecule has 5 aromatic rings. The summed E-state index contributed by atoms with van der Waals surface area (Å²) < 4.78 is 19.6. The predicted octanol–water partition coefficient (Wildman–Crippen LogP) is 2.76. The molecule has 210 valence electrons. The molecule has 2 N–H and O–H groups in total. The highest BCUT2D eigenvalue weighted by atomic mass is 32.1. The van der Waals surface area contributed by atoms with Crippen molar-refractivity contribution in [3.63, 3.8) is 0 Å². The third kappa shape index (κ3) is 5.34. The fourth-order valence-electron chi connectivity index (χ4n) is 5.17. The van der Waals surface area contributed by atoms with Gasteiger partial charge in [-0.15, -0.1) is 11.3 Å². The van der Waals surface area contributed by atoms with E-state index >= 15 is 0 Å². The van der Waals surface area contributed by atoms with E-state index in [9.17, 15) is 4.79 Å². The van der Waals surface area contributed by atoms with E-state index in [0.29, 0.717) is 54.2 Å². The van der Waals surface area contributed by atoms with Crippen LogP contribution in [0.1, 0.15) is 11.3 Å². The lowest BCUT2D eigenvalue weighted by Gasteiger charge is -2.27. The van der Waals surface area contributed by atoms with E-state index in [4.69, 9.17) is 13.9 Å². The second kappa shape index (κ2) is 11.1. The van der Waals surface area contributed by atoms with Crippen molar-refractivity contribution >= 4 is 39.1 Å². The van der Waals surface area contributed by atoms with Gasteiger partial charge in [0.2, 0.25) is 11.4 Å². The van der Waals surface area contributed by atoms with Crippen molar-refractivity contribution in [1.82, 2.24) is 19.7 Å². The molecule has 0 aliphatic carbocycles. The quantitative estimate of drug-likeness (QED) is 0.304. The summed E-state index contributed by atoms with van der Waals surface area (Å²) in [4.78, 5) is 25.4. The molecular formula is C29H30N7O4S+. The fraction of sp³-hybridized carbons (Fsp3) is 0.310. The van der Waals surface area contributed by atoms with E-state index in [1.165, 1.54) is 21.8 Å². The number of anilines is 3. The molecule has 11 nitrogen and oxygen atoms in total. The lowest BCUT2D eigenvalue weighted by atomic mass is 10.1. The van der Waals surface area contributed by atoms with Crippen LogP contribution in [0.2, 0.25) is 0 Å². The van der Waals surface area contributed by atoms with Gasteiger partial charge >= 0.3 is 0 Å². The van der Waals surface area contributed by atoms with E-state index in [0.717, 1.165) is 48.9 Å². The number of nitrogens with zero attached hydrogens (tertiary/aromatic N) is 5. The first-order valence-electron chi connectivity index (χ1n) is 13.7. The highest BCUT2D eigenvalue weighted by Crippen LogP contribution is 2.35. The Morgan fingerprint density at radius 3 is 2.76 bits per heavy atom. The topological polar surface area (TPSA) is 112 Å². The molecule has 2 aliphatic rings. The normalized spacial score (nSPS) is 17.4. The highest BCUT2D eigenvalue weighted by Gasteiger charge is 2.20. The molecule has 1 unspecified atom stereocenters. The molecule has 4 aromatic heterocycles. The van der Waals surface area contributed by atoms with Gasteiger partial charge in [-0.3, -0.25) is 4.79 Å². The van der Waals surface area contributed by atoms with E-state index < -0.39 is 0 Å². The monoisotopic (exact) mass is 572 g/mol. The summed E-state index contributed by atoms with van der Waals surface area (Å²) in [6.45, 7) is 8.10. The van der Waals surface area contributed by atoms with Crippen LogP contribution in [-0.4, -0.2) is 65.9 Å². The number of rotatable bonds is 7. The fourth-order valence-corrected chi connectivity index (χ4v) is 6.08. The summed E-state index contributed by atoms with van der Waals surface area (Å²) in [7, 11) is 0. The number of benzene rings is 1. The number of hydrogen-bond donors (Lipinski definition) is 2. The zero-order chi connectivity index (χ0) is 27.8. The number of fused-ring (bicyclic) bond motifs is 1. The molecule has 0 bridgehead atoms. The number of aromatic nitrogens is 4. The molecule has 7 rings (SSSR count). The number of quaternary nitrogens is 1. The summed E-state index contributed by atoms with van der Waals surface area (Å²) >= 11 is 1.41. The van der Waals surface area contributed by atoms with Crippen molar-refractivity contribution < 1.29 is 18.8 Å². The van der Waals surface area contributed by atoms with Crippen LogP contribution in [0.4, 0.5) is 17.5 Å². The van der Waals surface area contributed by atoms with E-state index in [1.54, 1.807) is 16.9 Å². The Morgan fingerprint density at radius 2 is 1.95 bits per heavy atom. The van der Waals surface area contributed by atoms with E-state index in [2.05, 4.69) is 25.3 Å². The molecule has 0 radical (unpaired) electrons. The van der Waals surface area contributed by atoms with Gasteiger partial charge in [-0.1, -0.05) is 12.1 Å². The first-order valence-corrected chi connectivity index (χ1v) is 14.5. The van der Waals surface area contributed by atoms with Crippen LogP contribution in [-0.2, 0) is 16.0 Å². The van der Waals surface area contributed by atoms with Crippen molar-refractivity contribution in [3.8, 4) is 16.9 Å². The van der Waals surface area contributed by atoms with Crippen molar-refractivity contribution in [1.29, 1.82) is 0 Å². The van der Waals surface area contributed by atoms with Crippen LogP contribution < -0.4 is 20.5 Å². The minimum atomic E-state index is -0.0230. The molecule has 0 spiro atoms. The molecule has 2 saturated heterocycles. The summed E-state index contributed by atoms with van der Waals surface area (Å²) in [5.41, 5.74) is 5.47. The minimum Gasteiger partial charge on any atom is -0.439 e. The first kappa shape index (κ1) is 25.8. The zero-order valence-corrected chi connectivity index (χ0v) is 23.4. The lowest BCUT2D eigenvalue weighted by Crippen LogP contribution is -3.08. The molecule has 1 aromatic carbocycles. The van der Waals surface area contributed by atoms with Gasteiger partial charge in [0.15, 0.2) is 24.0 Å². The van der Waals surface area contributed by atoms with Gasteiger partial charge in [-0.2, -0.15) is 10.1 Å². The molecule has 0 saturated carbocycles. The van der Waals surface area contributed by atoms with Gasteiger partial charge in [-0.05, 0) is 24.6 Å². The van der Waals surface area contributed by atoms with E-state index in [1.807, 2.05) is 48.8 Å². The Hall–Kier alpha value is -4.10. The summed E-state index contributed by atoms with van der Waals surface area (Å²) in [6, 6.07) is 11.4. The second-order valence-electron chi connectivity index (χ2n) is 10.2. The zero-order valence-electron chi connectivity index (χ0n) is 22.6. The number of morpholine rings is 1. The highest BCUT2D eigenvalue weighted by molar-refractivity contribution is 7.17. The molecule has 12 heteroatoms. The number of hydrogen-bond acceptors (Lipinski definition) is 10. The third-order valence-electron chi connectivity index (χ3n) is 7.43. The molecular weight excluding hydrogens is 542 g/mol. The van der Waals surface area contributed by atoms with Gasteiger partial charge in [0, 0.05) is 59.8 Å². The van der Waals surface area contributed by atoms with Gasteiger partial charge in [0.05, 0.1) is 18.9 Å². The van der Waals surface area contributed by atoms with Crippen LogP contribution in [0.3, 0.4) is 0 Å². The van der Waals surface area contributed by atoms with Gasteiger partial charge < -0.3 is 29.0 Å². The number of thiophene rings is 1. The molecule has 41 heavy (non-hydrogen) atoms. The van der Waals surface area contributed by atoms with Crippen LogP contribution in [0.5, 0.6) is 0 Å². The lowest BCUT2D eigenvalue weighted by molar-refractivity contribution is -0.910. The average molecular weight is 573 g/mol. The smallest absolute Gasteiger partial charge is 0.229 e. The number of nitrogens with one attached hydrogen (secondary N) is 2.